The number of ether oxygens (including phenoxy) is 2. The lowest BCUT2D eigenvalue weighted by Crippen LogP contribution is -2.29. The van der Waals surface area contributed by atoms with Crippen molar-refractivity contribution in [1.29, 1.82) is 0 Å². The van der Waals surface area contributed by atoms with Crippen LogP contribution < -0.4 is 10.1 Å². The lowest BCUT2D eigenvalue weighted by molar-refractivity contribution is -0.140. The van der Waals surface area contributed by atoms with Crippen LogP contribution in [-0.4, -0.2) is 40.6 Å². The summed E-state index contributed by atoms with van der Waals surface area (Å²) < 4.78 is 33.0. The van der Waals surface area contributed by atoms with Crippen LogP contribution in [-0.2, 0) is 23.4 Å². The van der Waals surface area contributed by atoms with Gasteiger partial charge < -0.3 is 14.8 Å². The summed E-state index contributed by atoms with van der Waals surface area (Å²) >= 11 is 0. The minimum atomic E-state index is -3.83. The maximum atomic E-state index is 11.8. The first kappa shape index (κ1) is 22.2. The zero-order chi connectivity index (χ0) is 19.7. The van der Waals surface area contributed by atoms with E-state index in [4.69, 9.17) is 15.4 Å². The van der Waals surface area contributed by atoms with E-state index in [0.717, 1.165) is 12.8 Å². The number of methoxy groups -OCH3 is 1. The largest absolute Gasteiger partial charge is 0.484 e. The molecule has 1 amide bonds. The molecule has 7 nitrogen and oxygen atoms in total. The Balaban J connectivity index is 2.38. The van der Waals surface area contributed by atoms with Gasteiger partial charge in [-0.3, -0.25) is 9.59 Å². The predicted molar refractivity (Wildman–Crippen MR) is 97.9 cm³/mol. The Hall–Kier alpha value is -1.80. The van der Waals surface area contributed by atoms with Crippen molar-refractivity contribution in [3.05, 3.63) is 23.3 Å². The molecule has 0 atom stereocenters. The molecule has 0 aromatic heterocycles. The van der Waals surface area contributed by atoms with Gasteiger partial charge in [0.25, 0.3) is 15.0 Å². The van der Waals surface area contributed by atoms with E-state index in [-0.39, 0.29) is 23.4 Å². The third-order valence-corrected chi connectivity index (χ3v) is 5.25. The summed E-state index contributed by atoms with van der Waals surface area (Å²) in [5.74, 6) is -0.111. The summed E-state index contributed by atoms with van der Waals surface area (Å²) in [6, 6.07) is 3.06. The SMILES string of the molecule is COC(=O)CCCCCNC(=O)COc1cc(C)c(S(=O)(=O)Cl)c(C)c1. The first-order chi connectivity index (χ1) is 12.1. The van der Waals surface area contributed by atoms with Crippen LogP contribution in [0.1, 0.15) is 36.8 Å². The highest BCUT2D eigenvalue weighted by Gasteiger charge is 2.18. The molecular weight excluding hydrogens is 382 g/mol. The summed E-state index contributed by atoms with van der Waals surface area (Å²) in [5.41, 5.74) is 0.919. The van der Waals surface area contributed by atoms with E-state index >= 15 is 0 Å². The lowest BCUT2D eigenvalue weighted by Gasteiger charge is -2.11. The summed E-state index contributed by atoms with van der Waals surface area (Å²) in [4.78, 5) is 22.8. The fourth-order valence-corrected chi connectivity index (χ4v) is 4.10. The molecule has 0 aliphatic carbocycles. The minimum absolute atomic E-state index is 0.0583. The molecule has 146 valence electrons. The van der Waals surface area contributed by atoms with Crippen LogP contribution in [0.4, 0.5) is 0 Å². The van der Waals surface area contributed by atoms with Crippen molar-refractivity contribution in [2.24, 2.45) is 0 Å². The van der Waals surface area contributed by atoms with Crippen molar-refractivity contribution >= 4 is 31.6 Å². The number of carbonyl (C=O) groups is 2. The first-order valence-corrected chi connectivity index (χ1v) is 10.5. The van der Waals surface area contributed by atoms with Gasteiger partial charge in [0, 0.05) is 23.6 Å². The normalized spacial score (nSPS) is 11.1. The molecule has 1 aromatic carbocycles. The Bertz CT molecular complexity index is 725. The second kappa shape index (κ2) is 10.4. The number of amides is 1. The number of unbranched alkanes of at least 4 members (excludes halogenated alkanes) is 2. The second-order valence-corrected chi connectivity index (χ2v) is 8.35. The fraction of sp³-hybridized carbons (Fsp3) is 0.529. The van der Waals surface area contributed by atoms with E-state index in [0.29, 0.717) is 36.3 Å². The first-order valence-electron chi connectivity index (χ1n) is 8.17. The van der Waals surface area contributed by atoms with Crippen molar-refractivity contribution < 1.29 is 27.5 Å². The molecule has 1 N–H and O–H groups in total. The van der Waals surface area contributed by atoms with Gasteiger partial charge in [-0.05, 0) is 49.9 Å². The standard InChI is InChI=1S/C17H24ClNO6S/c1-12-9-14(10-13(2)17(12)26(18,22)23)25-11-15(20)19-8-6-4-5-7-16(21)24-3/h9-10H,4-8,11H2,1-3H3,(H,19,20). The molecule has 0 radical (unpaired) electrons. The van der Waals surface area contributed by atoms with Gasteiger partial charge in [0.1, 0.15) is 5.75 Å². The van der Waals surface area contributed by atoms with Crippen LogP contribution in [0.15, 0.2) is 17.0 Å². The van der Waals surface area contributed by atoms with Crippen molar-refractivity contribution in [3.63, 3.8) is 0 Å². The van der Waals surface area contributed by atoms with Gasteiger partial charge in [0.05, 0.1) is 12.0 Å². The van der Waals surface area contributed by atoms with Crippen molar-refractivity contribution in [2.75, 3.05) is 20.3 Å². The Morgan fingerprint density at radius 3 is 2.27 bits per heavy atom. The average Bonchev–Trinajstić information content (AvgIpc) is 2.53. The quantitative estimate of drug-likeness (QED) is 0.364. The van der Waals surface area contributed by atoms with E-state index in [1.807, 2.05) is 0 Å². The van der Waals surface area contributed by atoms with E-state index in [9.17, 15) is 18.0 Å². The van der Waals surface area contributed by atoms with E-state index in [1.165, 1.54) is 19.2 Å². The third-order valence-electron chi connectivity index (χ3n) is 3.66. The zero-order valence-electron chi connectivity index (χ0n) is 15.1. The molecule has 1 rings (SSSR count). The van der Waals surface area contributed by atoms with Crippen molar-refractivity contribution in [3.8, 4) is 5.75 Å². The minimum Gasteiger partial charge on any atom is -0.484 e. The van der Waals surface area contributed by atoms with Gasteiger partial charge in [0.2, 0.25) is 0 Å². The van der Waals surface area contributed by atoms with Gasteiger partial charge in [-0.25, -0.2) is 8.42 Å². The summed E-state index contributed by atoms with van der Waals surface area (Å²) in [6.07, 6.45) is 2.65. The van der Waals surface area contributed by atoms with E-state index < -0.39 is 9.05 Å². The van der Waals surface area contributed by atoms with Crippen molar-refractivity contribution in [2.45, 2.75) is 44.4 Å². The number of carbonyl (C=O) groups excluding carboxylic acids is 2. The van der Waals surface area contributed by atoms with Crippen LogP contribution in [0.3, 0.4) is 0 Å². The molecule has 0 saturated carbocycles. The molecule has 0 unspecified atom stereocenters. The molecule has 0 spiro atoms. The Kier molecular flexibility index (Phi) is 8.87. The summed E-state index contributed by atoms with van der Waals surface area (Å²) in [7, 11) is 2.93. The Labute approximate surface area is 158 Å². The third kappa shape index (κ3) is 7.61. The summed E-state index contributed by atoms with van der Waals surface area (Å²) in [6.45, 7) is 3.55. The molecule has 0 bridgehead atoms. The van der Waals surface area contributed by atoms with Crippen LogP contribution in [0.5, 0.6) is 5.75 Å². The highest BCUT2D eigenvalue weighted by Crippen LogP contribution is 2.28. The van der Waals surface area contributed by atoms with Gasteiger partial charge in [-0.1, -0.05) is 6.42 Å². The molecule has 0 saturated heterocycles. The number of esters is 1. The second-order valence-electron chi connectivity index (χ2n) is 5.85. The number of benzene rings is 1. The molecular formula is C17H24ClNO6S. The Morgan fingerprint density at radius 1 is 1.12 bits per heavy atom. The topological polar surface area (TPSA) is 98.8 Å². The smallest absolute Gasteiger partial charge is 0.305 e. The molecule has 1 aromatic rings. The number of nitrogens with one attached hydrogen (secondary N) is 1. The van der Waals surface area contributed by atoms with Gasteiger partial charge in [0.15, 0.2) is 6.61 Å². The van der Waals surface area contributed by atoms with Crippen LogP contribution >= 0.6 is 10.7 Å². The van der Waals surface area contributed by atoms with Crippen molar-refractivity contribution in [1.82, 2.24) is 5.32 Å². The highest BCUT2D eigenvalue weighted by atomic mass is 35.7. The number of hydrogen-bond donors (Lipinski definition) is 1. The average molecular weight is 406 g/mol. The molecule has 9 heteroatoms. The van der Waals surface area contributed by atoms with Gasteiger partial charge >= 0.3 is 5.97 Å². The van der Waals surface area contributed by atoms with Crippen LogP contribution in [0.2, 0.25) is 0 Å². The molecule has 0 aliphatic rings. The van der Waals surface area contributed by atoms with Gasteiger partial charge in [-0.2, -0.15) is 0 Å². The number of rotatable bonds is 10. The summed E-state index contributed by atoms with van der Waals surface area (Å²) in [5, 5.41) is 2.72. The lowest BCUT2D eigenvalue weighted by atomic mass is 10.1. The van der Waals surface area contributed by atoms with E-state index in [1.54, 1.807) is 13.8 Å². The van der Waals surface area contributed by atoms with Crippen LogP contribution in [0, 0.1) is 13.8 Å². The molecule has 26 heavy (non-hydrogen) atoms. The number of halogens is 1. The zero-order valence-corrected chi connectivity index (χ0v) is 16.7. The maximum absolute atomic E-state index is 11.8. The highest BCUT2D eigenvalue weighted by molar-refractivity contribution is 8.13. The Morgan fingerprint density at radius 2 is 1.73 bits per heavy atom. The molecule has 0 aliphatic heterocycles. The maximum Gasteiger partial charge on any atom is 0.305 e. The molecule has 0 heterocycles. The van der Waals surface area contributed by atoms with Gasteiger partial charge in [-0.15, -0.1) is 0 Å². The van der Waals surface area contributed by atoms with E-state index in [2.05, 4.69) is 10.1 Å². The van der Waals surface area contributed by atoms with Crippen LogP contribution in [0.25, 0.3) is 0 Å². The number of hydrogen-bond acceptors (Lipinski definition) is 6. The molecule has 0 fully saturated rings. The monoisotopic (exact) mass is 405 g/mol. The predicted octanol–water partition coefficient (Wildman–Crippen LogP) is 2.46. The number of aryl methyl sites for hydroxylation is 2. The fourth-order valence-electron chi connectivity index (χ4n) is 2.48.